The van der Waals surface area contributed by atoms with Gasteiger partial charge in [-0.25, -0.2) is 4.79 Å². The van der Waals surface area contributed by atoms with E-state index in [9.17, 15) is 9.90 Å². The van der Waals surface area contributed by atoms with Gasteiger partial charge in [0.05, 0.1) is 0 Å². The van der Waals surface area contributed by atoms with Crippen LogP contribution >= 0.6 is 0 Å². The molecule has 0 aliphatic rings. The summed E-state index contributed by atoms with van der Waals surface area (Å²) in [5.74, 6) is -1.31. The topological polar surface area (TPSA) is 108 Å². The Morgan fingerprint density at radius 2 is 1.29 bits per heavy atom. The van der Waals surface area contributed by atoms with Crippen molar-refractivity contribution in [1.29, 1.82) is 0 Å². The average molecular weight is 413 g/mol. The van der Waals surface area contributed by atoms with Crippen LogP contribution in [0.3, 0.4) is 0 Å². The van der Waals surface area contributed by atoms with Gasteiger partial charge in [0, 0.05) is 6.07 Å². The average Bonchev–Trinajstić information content (AvgIpc) is 3.27. The molecule has 0 fully saturated rings. The number of anilines is 1. The Labute approximate surface area is 178 Å². The van der Waals surface area contributed by atoms with E-state index in [0.717, 1.165) is 16.7 Å². The predicted molar refractivity (Wildman–Crippen MR) is 115 cm³/mol. The van der Waals surface area contributed by atoms with E-state index < -0.39 is 17.2 Å². The Morgan fingerprint density at radius 3 is 1.68 bits per heavy atom. The van der Waals surface area contributed by atoms with E-state index in [-0.39, 0.29) is 11.6 Å². The summed E-state index contributed by atoms with van der Waals surface area (Å²) >= 11 is 0. The summed E-state index contributed by atoms with van der Waals surface area (Å²) in [5.41, 5.74) is 1.37. The molecule has 0 radical (unpaired) electrons. The molecule has 0 aliphatic heterocycles. The fraction of sp³-hybridized carbons (Fsp3) is 0.0417. The van der Waals surface area contributed by atoms with Crippen molar-refractivity contribution in [2.45, 2.75) is 5.54 Å². The van der Waals surface area contributed by atoms with Crippen LogP contribution in [-0.2, 0) is 10.3 Å². The molecule has 31 heavy (non-hydrogen) atoms. The second kappa shape index (κ2) is 8.54. The normalized spacial score (nSPS) is 11.8. The number of benzene rings is 3. The minimum absolute atomic E-state index is 0.166. The molecule has 0 amide bonds. The molecule has 0 saturated carbocycles. The highest BCUT2D eigenvalue weighted by Gasteiger charge is 2.37. The van der Waals surface area contributed by atoms with Crippen molar-refractivity contribution in [3.8, 4) is 0 Å². The Balaban J connectivity index is 1.91. The van der Waals surface area contributed by atoms with Crippen LogP contribution in [0.4, 0.5) is 5.82 Å². The molecule has 4 aromatic rings. The van der Waals surface area contributed by atoms with Crippen LogP contribution in [-0.4, -0.2) is 27.2 Å². The van der Waals surface area contributed by atoms with Gasteiger partial charge in [-0.05, 0) is 16.7 Å². The van der Waals surface area contributed by atoms with Crippen LogP contribution < -0.4 is 5.32 Å². The Bertz CT molecular complexity index is 1090. The SMILES string of the molecule is O=C(O)/C(=N\O)c1cc(NC(c2ccccc2)(c2ccccc2)c2ccccc2)no1. The Hall–Kier alpha value is -4.39. The molecule has 7 nitrogen and oxygen atoms in total. The monoisotopic (exact) mass is 413 g/mol. The first-order valence-corrected chi connectivity index (χ1v) is 9.52. The molecule has 0 atom stereocenters. The van der Waals surface area contributed by atoms with Crippen LogP contribution in [0.25, 0.3) is 0 Å². The largest absolute Gasteiger partial charge is 0.476 e. The third kappa shape index (κ3) is 3.76. The summed E-state index contributed by atoms with van der Waals surface area (Å²) in [6.45, 7) is 0. The zero-order valence-corrected chi connectivity index (χ0v) is 16.3. The maximum Gasteiger partial charge on any atom is 0.362 e. The van der Waals surface area contributed by atoms with Gasteiger partial charge >= 0.3 is 5.97 Å². The number of nitrogens with one attached hydrogen (secondary N) is 1. The van der Waals surface area contributed by atoms with E-state index in [0.29, 0.717) is 0 Å². The summed E-state index contributed by atoms with van der Waals surface area (Å²) in [7, 11) is 0. The van der Waals surface area contributed by atoms with Crippen LogP contribution in [0.2, 0.25) is 0 Å². The number of carboxylic acid groups (broad SMARTS) is 1. The summed E-state index contributed by atoms with van der Waals surface area (Å²) in [6.07, 6.45) is 0. The molecule has 1 aromatic heterocycles. The number of aromatic nitrogens is 1. The molecular weight excluding hydrogens is 394 g/mol. The molecule has 0 spiro atoms. The van der Waals surface area contributed by atoms with Crippen molar-refractivity contribution >= 4 is 17.5 Å². The number of hydrogen-bond donors (Lipinski definition) is 3. The maximum atomic E-state index is 11.3. The van der Waals surface area contributed by atoms with Gasteiger partial charge in [-0.2, -0.15) is 0 Å². The number of carboxylic acids is 1. The lowest BCUT2D eigenvalue weighted by atomic mass is 9.77. The van der Waals surface area contributed by atoms with Gasteiger partial charge in [-0.1, -0.05) is 101 Å². The van der Waals surface area contributed by atoms with Crippen molar-refractivity contribution in [3.63, 3.8) is 0 Å². The molecule has 154 valence electrons. The van der Waals surface area contributed by atoms with Crippen LogP contribution in [0, 0.1) is 0 Å². The molecule has 0 aliphatic carbocycles. The Kier molecular flexibility index (Phi) is 5.49. The van der Waals surface area contributed by atoms with Crippen molar-refractivity contribution < 1.29 is 19.6 Å². The minimum atomic E-state index is -1.43. The fourth-order valence-corrected chi connectivity index (χ4v) is 3.62. The number of oxime groups is 1. The highest BCUT2D eigenvalue weighted by atomic mass is 16.5. The van der Waals surface area contributed by atoms with Crippen molar-refractivity contribution in [2.75, 3.05) is 5.32 Å². The molecule has 7 heteroatoms. The van der Waals surface area contributed by atoms with E-state index in [4.69, 9.17) is 9.73 Å². The molecule has 0 saturated heterocycles. The van der Waals surface area contributed by atoms with E-state index >= 15 is 0 Å². The second-order valence-electron chi connectivity index (χ2n) is 6.80. The highest BCUT2D eigenvalue weighted by Crippen LogP contribution is 2.39. The predicted octanol–water partition coefficient (Wildman–Crippen LogP) is 4.34. The Morgan fingerprint density at radius 1 is 0.839 bits per heavy atom. The van der Waals surface area contributed by atoms with E-state index in [1.165, 1.54) is 6.07 Å². The molecular formula is C24H19N3O4. The maximum absolute atomic E-state index is 11.3. The lowest BCUT2D eigenvalue weighted by Crippen LogP contribution is -2.38. The van der Waals surface area contributed by atoms with Gasteiger partial charge in [0.15, 0.2) is 11.6 Å². The standard InChI is InChI=1S/C24H19N3O4/c28-23(29)22(26-30)20-16-21(27-31-20)25-24(17-10-4-1-5-11-17,18-12-6-2-7-13-18)19-14-8-3-9-15-19/h1-16,30H,(H,25,27)(H,28,29)/b26-22-. The van der Waals surface area contributed by atoms with Crippen LogP contribution in [0.15, 0.2) is 107 Å². The molecule has 0 unspecified atom stereocenters. The van der Waals surface area contributed by atoms with Gasteiger partial charge in [0.25, 0.3) is 0 Å². The summed E-state index contributed by atoms with van der Waals surface area (Å²) in [5, 5.41) is 28.5. The number of aliphatic carboxylic acids is 1. The number of rotatable bonds is 7. The van der Waals surface area contributed by atoms with E-state index in [1.807, 2.05) is 91.0 Å². The lowest BCUT2D eigenvalue weighted by Gasteiger charge is -2.36. The van der Waals surface area contributed by atoms with Gasteiger partial charge in [0.1, 0.15) is 5.54 Å². The van der Waals surface area contributed by atoms with Gasteiger partial charge in [-0.3, -0.25) is 0 Å². The van der Waals surface area contributed by atoms with Crippen LogP contribution in [0.1, 0.15) is 22.5 Å². The summed E-state index contributed by atoms with van der Waals surface area (Å²) in [4.78, 5) is 11.3. The summed E-state index contributed by atoms with van der Waals surface area (Å²) in [6, 6.07) is 31.0. The first-order valence-electron chi connectivity index (χ1n) is 9.52. The first kappa shape index (κ1) is 19.9. The smallest absolute Gasteiger partial charge is 0.362 e. The van der Waals surface area contributed by atoms with E-state index in [1.54, 1.807) is 0 Å². The molecule has 3 aromatic carbocycles. The number of hydrogen-bond acceptors (Lipinski definition) is 6. The highest BCUT2D eigenvalue weighted by molar-refractivity contribution is 6.41. The zero-order chi connectivity index (χ0) is 21.7. The van der Waals surface area contributed by atoms with Gasteiger partial charge in [-0.15, -0.1) is 0 Å². The molecule has 0 bridgehead atoms. The van der Waals surface area contributed by atoms with Crippen molar-refractivity contribution in [3.05, 3.63) is 120 Å². The van der Waals surface area contributed by atoms with E-state index in [2.05, 4.69) is 15.6 Å². The number of nitrogens with zero attached hydrogens (tertiary/aromatic N) is 2. The lowest BCUT2D eigenvalue weighted by molar-refractivity contribution is -0.129. The van der Waals surface area contributed by atoms with Gasteiger partial charge < -0.3 is 20.2 Å². The van der Waals surface area contributed by atoms with Crippen molar-refractivity contribution in [2.24, 2.45) is 5.16 Å². The zero-order valence-electron chi connectivity index (χ0n) is 16.3. The minimum Gasteiger partial charge on any atom is -0.476 e. The third-order valence-corrected chi connectivity index (χ3v) is 4.98. The fourth-order valence-electron chi connectivity index (χ4n) is 3.62. The second-order valence-corrected chi connectivity index (χ2v) is 6.80. The van der Waals surface area contributed by atoms with Crippen molar-refractivity contribution in [1.82, 2.24) is 5.16 Å². The van der Waals surface area contributed by atoms with Gasteiger partial charge in [0.2, 0.25) is 5.71 Å². The molecule has 4 rings (SSSR count). The third-order valence-electron chi connectivity index (χ3n) is 4.98. The molecule has 1 heterocycles. The van der Waals surface area contributed by atoms with Crippen LogP contribution in [0.5, 0.6) is 0 Å². The quantitative estimate of drug-likeness (QED) is 0.180. The first-order chi connectivity index (χ1) is 15.1. The number of carbonyl (C=O) groups is 1. The summed E-state index contributed by atoms with van der Waals surface area (Å²) < 4.78 is 5.15. The molecule has 3 N–H and O–H groups in total.